The fraction of sp³-hybridized carbons (Fsp3) is 0.474. The van der Waals surface area contributed by atoms with E-state index in [-0.39, 0.29) is 29.6 Å². The molecule has 3 rings (SSSR count). The Balaban J connectivity index is 2.22. The van der Waals surface area contributed by atoms with Crippen LogP contribution in [0.1, 0.15) is 43.5 Å². The van der Waals surface area contributed by atoms with Gasteiger partial charge in [0.1, 0.15) is 0 Å². The average molecular weight is 376 g/mol. The van der Waals surface area contributed by atoms with E-state index in [0.29, 0.717) is 16.8 Å². The van der Waals surface area contributed by atoms with Crippen LogP contribution in [0.5, 0.6) is 11.5 Å². The Hall–Kier alpha value is -2.74. The van der Waals surface area contributed by atoms with Gasteiger partial charge in [0, 0.05) is 23.6 Å². The highest BCUT2D eigenvalue weighted by molar-refractivity contribution is 5.77. The highest BCUT2D eigenvalue weighted by atomic mass is 16.5. The summed E-state index contributed by atoms with van der Waals surface area (Å²) in [7, 11) is 1.41. The summed E-state index contributed by atoms with van der Waals surface area (Å²) in [5.74, 6) is -2.20. The molecule has 1 aliphatic carbocycles. The van der Waals surface area contributed by atoms with Crippen LogP contribution < -0.4 is 10.3 Å². The molecule has 1 aromatic carbocycles. The SMILES string of the molecule is COc1cc([C@@H]2c3c([nH][nH]c3=O)C[C@](C)(O)[C@H]2C(=O)OC(C)C)ccc1O. The number of nitrogens with one attached hydrogen (secondary N) is 2. The van der Waals surface area contributed by atoms with Gasteiger partial charge in [-0.05, 0) is 38.5 Å². The van der Waals surface area contributed by atoms with Crippen LogP contribution in [0.25, 0.3) is 0 Å². The van der Waals surface area contributed by atoms with Gasteiger partial charge < -0.3 is 24.8 Å². The molecular formula is C19H24N2O6. The minimum atomic E-state index is -1.44. The molecule has 0 spiro atoms. The van der Waals surface area contributed by atoms with E-state index in [9.17, 15) is 19.8 Å². The van der Waals surface area contributed by atoms with Crippen molar-refractivity contribution in [3.63, 3.8) is 0 Å². The number of phenols is 1. The molecule has 0 amide bonds. The van der Waals surface area contributed by atoms with E-state index in [4.69, 9.17) is 9.47 Å². The number of phenolic OH excluding ortho intramolecular Hbond substituents is 1. The Labute approximate surface area is 156 Å². The lowest BCUT2D eigenvalue weighted by molar-refractivity contribution is -0.163. The second-order valence-corrected chi connectivity index (χ2v) is 7.38. The molecule has 146 valence electrons. The summed E-state index contributed by atoms with van der Waals surface area (Å²) in [6, 6.07) is 4.60. The molecule has 0 bridgehead atoms. The van der Waals surface area contributed by atoms with Gasteiger partial charge in [-0.15, -0.1) is 0 Å². The zero-order chi connectivity index (χ0) is 19.9. The third-order valence-corrected chi connectivity index (χ3v) is 4.91. The minimum Gasteiger partial charge on any atom is -0.504 e. The van der Waals surface area contributed by atoms with Crippen molar-refractivity contribution in [2.24, 2.45) is 5.92 Å². The number of ether oxygens (including phenoxy) is 2. The van der Waals surface area contributed by atoms with Crippen LogP contribution in [0.15, 0.2) is 23.0 Å². The number of methoxy groups -OCH3 is 1. The van der Waals surface area contributed by atoms with Crippen molar-refractivity contribution < 1.29 is 24.5 Å². The molecule has 0 radical (unpaired) electrons. The normalized spacial score (nSPS) is 24.5. The Kier molecular flexibility index (Phi) is 4.77. The Bertz CT molecular complexity index is 911. The monoisotopic (exact) mass is 376 g/mol. The van der Waals surface area contributed by atoms with Crippen molar-refractivity contribution in [1.82, 2.24) is 10.2 Å². The van der Waals surface area contributed by atoms with E-state index in [2.05, 4.69) is 10.2 Å². The van der Waals surface area contributed by atoms with Crippen molar-refractivity contribution in [3.05, 3.63) is 45.4 Å². The zero-order valence-electron chi connectivity index (χ0n) is 15.7. The number of fused-ring (bicyclic) bond motifs is 1. The third kappa shape index (κ3) is 3.32. The Morgan fingerprint density at radius 3 is 2.67 bits per heavy atom. The summed E-state index contributed by atoms with van der Waals surface area (Å²) in [6.07, 6.45) is -0.265. The number of aromatic nitrogens is 2. The summed E-state index contributed by atoms with van der Waals surface area (Å²) in [4.78, 5) is 25.4. The number of hydrogen-bond acceptors (Lipinski definition) is 6. The first-order valence-electron chi connectivity index (χ1n) is 8.75. The summed E-state index contributed by atoms with van der Waals surface area (Å²) in [5, 5.41) is 26.3. The lowest BCUT2D eigenvalue weighted by Crippen LogP contribution is -2.50. The van der Waals surface area contributed by atoms with E-state index < -0.39 is 23.4 Å². The number of carbonyl (C=O) groups is 1. The standard InChI is InChI=1S/C19H24N2O6/c1-9(2)27-18(24)16-14(10-5-6-12(22)13(7-10)26-4)15-11(8-19(16,3)25)20-21-17(15)23/h5-7,9,14,16,22,25H,8H2,1-4H3,(H2,20,21,23)/t14-,16-,19+/m1/s1. The number of aromatic amines is 2. The Morgan fingerprint density at radius 2 is 2.04 bits per heavy atom. The van der Waals surface area contributed by atoms with Gasteiger partial charge in [0.15, 0.2) is 11.5 Å². The van der Waals surface area contributed by atoms with Crippen LogP contribution in [0.2, 0.25) is 0 Å². The van der Waals surface area contributed by atoms with E-state index in [1.54, 1.807) is 32.9 Å². The minimum absolute atomic E-state index is 0.0617. The number of carbonyl (C=O) groups excluding carboxylic acids is 1. The molecule has 1 aromatic heterocycles. The maximum atomic E-state index is 12.9. The van der Waals surface area contributed by atoms with E-state index in [1.807, 2.05) is 0 Å². The molecule has 27 heavy (non-hydrogen) atoms. The van der Waals surface area contributed by atoms with Crippen molar-refractivity contribution in [1.29, 1.82) is 0 Å². The number of esters is 1. The molecule has 0 saturated carbocycles. The quantitative estimate of drug-likeness (QED) is 0.598. The first-order chi connectivity index (χ1) is 12.7. The maximum absolute atomic E-state index is 12.9. The molecule has 3 atom stereocenters. The van der Waals surface area contributed by atoms with Crippen LogP contribution in [0, 0.1) is 5.92 Å². The van der Waals surface area contributed by atoms with E-state index in [1.165, 1.54) is 13.2 Å². The van der Waals surface area contributed by atoms with Crippen molar-refractivity contribution in [2.45, 2.75) is 44.8 Å². The topological polar surface area (TPSA) is 125 Å². The smallest absolute Gasteiger partial charge is 0.313 e. The number of aromatic hydroxyl groups is 1. The second kappa shape index (κ2) is 6.77. The zero-order valence-corrected chi connectivity index (χ0v) is 15.7. The highest BCUT2D eigenvalue weighted by Crippen LogP contribution is 2.46. The summed E-state index contributed by atoms with van der Waals surface area (Å²) < 4.78 is 10.6. The molecule has 4 N–H and O–H groups in total. The maximum Gasteiger partial charge on any atom is 0.313 e. The number of hydrogen-bond donors (Lipinski definition) is 4. The predicted molar refractivity (Wildman–Crippen MR) is 97.0 cm³/mol. The molecule has 8 heteroatoms. The van der Waals surface area contributed by atoms with Crippen molar-refractivity contribution in [2.75, 3.05) is 7.11 Å². The molecule has 2 aromatic rings. The molecule has 8 nitrogen and oxygen atoms in total. The fourth-order valence-electron chi connectivity index (χ4n) is 3.81. The van der Waals surface area contributed by atoms with Crippen molar-refractivity contribution >= 4 is 5.97 Å². The van der Waals surface area contributed by atoms with Gasteiger partial charge in [-0.1, -0.05) is 6.07 Å². The van der Waals surface area contributed by atoms with Gasteiger partial charge in [-0.25, -0.2) is 0 Å². The van der Waals surface area contributed by atoms with E-state index >= 15 is 0 Å². The molecule has 0 unspecified atom stereocenters. The third-order valence-electron chi connectivity index (χ3n) is 4.91. The van der Waals surface area contributed by atoms with E-state index in [0.717, 1.165) is 0 Å². The van der Waals surface area contributed by atoms with Crippen LogP contribution in [0.4, 0.5) is 0 Å². The van der Waals surface area contributed by atoms with Gasteiger partial charge in [-0.2, -0.15) is 0 Å². The second-order valence-electron chi connectivity index (χ2n) is 7.38. The van der Waals surface area contributed by atoms with Crippen LogP contribution in [0.3, 0.4) is 0 Å². The largest absolute Gasteiger partial charge is 0.504 e. The molecule has 0 fully saturated rings. The van der Waals surface area contributed by atoms with Gasteiger partial charge in [0.25, 0.3) is 5.56 Å². The lowest BCUT2D eigenvalue weighted by Gasteiger charge is -2.40. The molecule has 1 aliphatic rings. The van der Waals surface area contributed by atoms with Gasteiger partial charge >= 0.3 is 5.97 Å². The Morgan fingerprint density at radius 1 is 1.33 bits per heavy atom. The number of rotatable bonds is 4. The first-order valence-corrected chi connectivity index (χ1v) is 8.75. The fourth-order valence-corrected chi connectivity index (χ4v) is 3.81. The van der Waals surface area contributed by atoms with Crippen LogP contribution in [-0.2, 0) is 16.0 Å². The molecule has 0 aliphatic heterocycles. The van der Waals surface area contributed by atoms with Crippen LogP contribution in [-0.4, -0.2) is 45.2 Å². The highest BCUT2D eigenvalue weighted by Gasteiger charge is 2.51. The number of H-pyrrole nitrogens is 2. The molecule has 1 heterocycles. The van der Waals surface area contributed by atoms with Crippen LogP contribution >= 0.6 is 0 Å². The lowest BCUT2D eigenvalue weighted by atomic mass is 9.66. The first kappa shape index (κ1) is 19.0. The predicted octanol–water partition coefficient (Wildman–Crippen LogP) is 1.42. The summed E-state index contributed by atoms with van der Waals surface area (Å²) in [5.41, 5.74) is -0.336. The molecular weight excluding hydrogens is 352 g/mol. The van der Waals surface area contributed by atoms with Gasteiger partial charge in [-0.3, -0.25) is 14.7 Å². The number of benzene rings is 1. The van der Waals surface area contributed by atoms with Crippen molar-refractivity contribution in [3.8, 4) is 11.5 Å². The summed E-state index contributed by atoms with van der Waals surface area (Å²) >= 11 is 0. The summed E-state index contributed by atoms with van der Waals surface area (Å²) in [6.45, 7) is 5.00. The average Bonchev–Trinajstić information content (AvgIpc) is 2.92. The number of aliphatic hydroxyl groups is 1. The molecule has 0 saturated heterocycles. The van der Waals surface area contributed by atoms with Gasteiger partial charge in [0.2, 0.25) is 0 Å². The van der Waals surface area contributed by atoms with Gasteiger partial charge in [0.05, 0.1) is 24.7 Å².